The van der Waals surface area contributed by atoms with Gasteiger partial charge in [0, 0.05) is 11.4 Å². The van der Waals surface area contributed by atoms with Crippen molar-refractivity contribution >= 4 is 86.5 Å². The third-order valence-corrected chi connectivity index (χ3v) is 4.79. The average molecular weight is 424 g/mol. The first-order valence-corrected chi connectivity index (χ1v) is 8.46. The second kappa shape index (κ2) is 10.3. The van der Waals surface area contributed by atoms with Gasteiger partial charge in [0.2, 0.25) is 0 Å². The molecule has 5 nitrogen and oxygen atoms in total. The molecule has 0 saturated carbocycles. The van der Waals surface area contributed by atoms with E-state index in [1.807, 2.05) is 0 Å². The maximum atomic E-state index is 12.6. The molecule has 2 rings (SSSR count). The van der Waals surface area contributed by atoms with Gasteiger partial charge in [0.25, 0.3) is 0 Å². The van der Waals surface area contributed by atoms with Crippen molar-refractivity contribution in [2.45, 2.75) is 26.7 Å². The van der Waals surface area contributed by atoms with Crippen LogP contribution in [0.4, 0.5) is 0 Å². The molecule has 1 aromatic rings. The Hall–Kier alpha value is -0.344. The molecule has 1 aliphatic rings. The number of carbonyl (C=O) groups is 2. The molecule has 0 fully saturated rings. The minimum absolute atomic E-state index is 0. The maximum absolute atomic E-state index is 12.6. The fourth-order valence-electron chi connectivity index (χ4n) is 2.91. The van der Waals surface area contributed by atoms with Crippen molar-refractivity contribution in [3.63, 3.8) is 0 Å². The molecule has 0 saturated heterocycles. The summed E-state index contributed by atoms with van der Waals surface area (Å²) < 4.78 is 10.1. The molecule has 1 unspecified atom stereocenters. The molecule has 1 heterocycles. The van der Waals surface area contributed by atoms with Crippen LogP contribution in [0.5, 0.6) is 0 Å². The fourth-order valence-corrected chi connectivity index (χ4v) is 3.33. The number of allylic oxidation sites excluding steroid dienone is 2. The second-order valence-corrected chi connectivity index (χ2v) is 6.28. The van der Waals surface area contributed by atoms with E-state index in [1.165, 1.54) is 7.11 Å². The van der Waals surface area contributed by atoms with Crippen molar-refractivity contribution in [3.05, 3.63) is 56.3 Å². The first-order valence-electron chi connectivity index (χ1n) is 7.71. The number of rotatable bonds is 4. The van der Waals surface area contributed by atoms with Crippen LogP contribution in [-0.4, -0.2) is 77.0 Å². The molecule has 1 aliphatic heterocycles. The number of methoxy groups -OCH3 is 1. The van der Waals surface area contributed by atoms with Crippen LogP contribution in [0.25, 0.3) is 0 Å². The number of hydrogen-bond donors (Lipinski definition) is 1. The van der Waals surface area contributed by atoms with Crippen LogP contribution in [0, 0.1) is 0 Å². The topological polar surface area (TPSA) is 64.6 Å². The number of carbonyl (C=O) groups excluding carboxylic acids is 2. The summed E-state index contributed by atoms with van der Waals surface area (Å²) in [5, 5.41) is 3.66. The number of halogens is 2. The second-order valence-electron chi connectivity index (χ2n) is 5.49. The van der Waals surface area contributed by atoms with Crippen LogP contribution < -0.4 is 5.32 Å². The molecule has 0 radical (unpaired) electrons. The van der Waals surface area contributed by atoms with Gasteiger partial charge in [0.05, 0.1) is 40.8 Å². The van der Waals surface area contributed by atoms with Crippen molar-refractivity contribution in [3.8, 4) is 0 Å². The van der Waals surface area contributed by atoms with E-state index in [0.29, 0.717) is 33.1 Å². The van der Waals surface area contributed by atoms with Crippen LogP contribution in [0.2, 0.25) is 10.0 Å². The molecule has 1 atom stereocenters. The molecule has 0 amide bonds. The van der Waals surface area contributed by atoms with E-state index in [-0.39, 0.29) is 63.0 Å². The van der Waals surface area contributed by atoms with E-state index in [1.54, 1.807) is 39.0 Å². The summed E-state index contributed by atoms with van der Waals surface area (Å²) in [6.45, 7) is 5.41. The quantitative estimate of drug-likeness (QED) is 0.594. The molecule has 1 N–H and O–H groups in total. The molecule has 136 valence electrons. The predicted octanol–water partition coefficient (Wildman–Crippen LogP) is 3.32. The normalized spacial score (nSPS) is 16.6. The molecule has 0 aromatic heterocycles. The van der Waals surface area contributed by atoms with Crippen LogP contribution in [-0.2, 0) is 19.1 Å². The Morgan fingerprint density at radius 1 is 1.12 bits per heavy atom. The zero-order valence-electron chi connectivity index (χ0n) is 14.4. The Kier molecular flexibility index (Phi) is 9.36. The van der Waals surface area contributed by atoms with E-state index >= 15 is 0 Å². The van der Waals surface area contributed by atoms with Gasteiger partial charge in [0.1, 0.15) is 0 Å². The van der Waals surface area contributed by atoms with Gasteiger partial charge < -0.3 is 14.8 Å². The molecule has 0 spiro atoms. The SMILES string of the molecule is CCOC(=O)C1=C(C)NC(C)=C(C(=O)OC)C1c1cccc(Cl)c1Cl.[KH]. The Bertz CT molecular complexity index is 789. The zero-order chi connectivity index (χ0) is 18.7. The number of benzene rings is 1. The average Bonchev–Trinajstić information content (AvgIpc) is 2.56. The van der Waals surface area contributed by atoms with Gasteiger partial charge in [-0.15, -0.1) is 0 Å². The van der Waals surface area contributed by atoms with Gasteiger partial charge in [-0.2, -0.15) is 0 Å². The molecule has 1 aromatic carbocycles. The molecular weight excluding hydrogens is 404 g/mol. The van der Waals surface area contributed by atoms with Crippen LogP contribution in [0.3, 0.4) is 0 Å². The van der Waals surface area contributed by atoms with Gasteiger partial charge in [-0.1, -0.05) is 35.3 Å². The third-order valence-electron chi connectivity index (χ3n) is 3.95. The van der Waals surface area contributed by atoms with E-state index in [4.69, 9.17) is 32.7 Å². The van der Waals surface area contributed by atoms with Crippen LogP contribution in [0.15, 0.2) is 40.7 Å². The summed E-state index contributed by atoms with van der Waals surface area (Å²) in [4.78, 5) is 25.0. The number of nitrogens with one attached hydrogen (secondary N) is 1. The molecule has 26 heavy (non-hydrogen) atoms. The Balaban J connectivity index is 0.00000338. The number of ether oxygens (including phenoxy) is 2. The predicted molar refractivity (Wildman–Crippen MR) is 104 cm³/mol. The zero-order valence-corrected chi connectivity index (χ0v) is 15.9. The van der Waals surface area contributed by atoms with Crippen LogP contribution in [0.1, 0.15) is 32.3 Å². The monoisotopic (exact) mass is 423 g/mol. The van der Waals surface area contributed by atoms with Crippen molar-refractivity contribution < 1.29 is 19.1 Å². The summed E-state index contributed by atoms with van der Waals surface area (Å²) in [6.07, 6.45) is 0. The van der Waals surface area contributed by atoms with Gasteiger partial charge >= 0.3 is 63.3 Å². The van der Waals surface area contributed by atoms with Crippen molar-refractivity contribution in [1.82, 2.24) is 5.32 Å². The Morgan fingerprint density at radius 3 is 2.23 bits per heavy atom. The van der Waals surface area contributed by atoms with E-state index in [2.05, 4.69) is 5.32 Å². The number of hydrogen-bond acceptors (Lipinski definition) is 5. The van der Waals surface area contributed by atoms with Gasteiger partial charge in [0.15, 0.2) is 0 Å². The van der Waals surface area contributed by atoms with Crippen molar-refractivity contribution in [2.75, 3.05) is 13.7 Å². The van der Waals surface area contributed by atoms with E-state index < -0.39 is 17.9 Å². The summed E-state index contributed by atoms with van der Waals surface area (Å²) in [5.41, 5.74) is 2.30. The van der Waals surface area contributed by atoms with Gasteiger partial charge in [-0.3, -0.25) is 0 Å². The summed E-state index contributed by atoms with van der Waals surface area (Å²) in [5.74, 6) is -1.82. The van der Waals surface area contributed by atoms with E-state index in [9.17, 15) is 9.59 Å². The third kappa shape index (κ3) is 4.73. The van der Waals surface area contributed by atoms with Crippen molar-refractivity contribution in [2.24, 2.45) is 0 Å². The first-order chi connectivity index (χ1) is 11.8. The van der Waals surface area contributed by atoms with Crippen molar-refractivity contribution in [1.29, 1.82) is 0 Å². The number of dihydropyridines is 1. The molecule has 0 aliphatic carbocycles. The van der Waals surface area contributed by atoms with Gasteiger partial charge in [-0.05, 0) is 32.4 Å². The summed E-state index contributed by atoms with van der Waals surface area (Å²) in [7, 11) is 1.29. The molecule has 8 heteroatoms. The molecule has 0 bridgehead atoms. The Morgan fingerprint density at radius 2 is 1.69 bits per heavy atom. The van der Waals surface area contributed by atoms with Crippen LogP contribution >= 0.6 is 23.2 Å². The number of esters is 2. The molecular formula is C18H20Cl2KNO4. The first kappa shape index (κ1) is 23.7. The minimum atomic E-state index is -0.737. The standard InChI is InChI=1S/C18H19Cl2NO4.K.H/c1-5-25-18(23)14-10(3)21-9(2)13(17(22)24-4)15(14)11-7-6-8-12(19)16(11)20;;/h6-8,15,21H,5H2,1-4H3;;. The fraction of sp³-hybridized carbons (Fsp3) is 0.333. The van der Waals surface area contributed by atoms with E-state index in [0.717, 1.165) is 0 Å². The van der Waals surface area contributed by atoms with Gasteiger partial charge in [-0.25, -0.2) is 9.59 Å². The summed E-state index contributed by atoms with van der Waals surface area (Å²) in [6, 6.07) is 5.09. The Labute approximate surface area is 205 Å². The summed E-state index contributed by atoms with van der Waals surface area (Å²) >= 11 is 12.5.